The van der Waals surface area contributed by atoms with Gasteiger partial charge < -0.3 is 0 Å². The Bertz CT molecular complexity index is 1160. The van der Waals surface area contributed by atoms with Crippen LogP contribution in [-0.4, -0.2) is 0 Å². The fourth-order valence-electron chi connectivity index (χ4n) is 3.70. The maximum absolute atomic E-state index is 13.1. The Hall–Kier alpha value is -1.96. The summed E-state index contributed by atoms with van der Waals surface area (Å²) < 4.78 is 93.2. The van der Waals surface area contributed by atoms with Gasteiger partial charge in [0.25, 0.3) is 0 Å². The molecule has 0 spiro atoms. The van der Waals surface area contributed by atoms with E-state index in [1.807, 2.05) is 12.2 Å². The Morgan fingerprint density at radius 1 is 0.657 bits per heavy atom. The molecule has 11 heteroatoms. The molecule has 0 aromatic heterocycles. The molecule has 0 radical (unpaired) electrons. The summed E-state index contributed by atoms with van der Waals surface area (Å²) in [4.78, 5) is 0. The first-order valence-corrected chi connectivity index (χ1v) is 15.5. The molecular formula is C24H16Cl2F6O2Zr. The summed E-state index contributed by atoms with van der Waals surface area (Å²) in [6.45, 7) is 0. The number of benzene rings is 2. The van der Waals surface area contributed by atoms with Gasteiger partial charge in [0.05, 0.1) is 0 Å². The molecule has 2 aromatic rings. The van der Waals surface area contributed by atoms with Gasteiger partial charge in [-0.1, -0.05) is 0 Å². The van der Waals surface area contributed by atoms with E-state index in [2.05, 4.69) is 0 Å². The number of rotatable bonds is 6. The quantitative estimate of drug-likeness (QED) is 0.303. The minimum absolute atomic E-state index is 0.0147. The summed E-state index contributed by atoms with van der Waals surface area (Å²) in [5.41, 5.74) is -1.88. The molecule has 2 aromatic carbocycles. The van der Waals surface area contributed by atoms with E-state index in [0.717, 1.165) is 43.0 Å². The number of allylic oxidation sites excluding steroid dienone is 8. The molecule has 2 aliphatic carbocycles. The Labute approximate surface area is 212 Å². The van der Waals surface area contributed by atoms with Crippen LogP contribution in [0.25, 0.3) is 0 Å². The standard InChI is InChI=1S/2C7H4ClF3O.2C5H5.Zr/c2*8-5-3-4(7(9,10)11)1-2-6(5)12;2*1-2-4-5-3-1;/h2*1-3,12H;2*1-3H,4H2;/q;;;;+2/p-2. The van der Waals surface area contributed by atoms with Crippen molar-refractivity contribution in [2.24, 2.45) is 0 Å². The van der Waals surface area contributed by atoms with Crippen LogP contribution in [0.15, 0.2) is 79.4 Å². The molecule has 0 amide bonds. The van der Waals surface area contributed by atoms with E-state index >= 15 is 0 Å². The van der Waals surface area contributed by atoms with Crippen LogP contribution >= 0.6 is 23.2 Å². The third-order valence-corrected chi connectivity index (χ3v) is 14.5. The summed E-state index contributed by atoms with van der Waals surface area (Å²) in [5.74, 6) is -0.0294. The second kappa shape index (κ2) is 9.83. The summed E-state index contributed by atoms with van der Waals surface area (Å²) in [5, 5.41) is -0.526. The molecule has 0 aliphatic heterocycles. The van der Waals surface area contributed by atoms with E-state index in [1.54, 1.807) is 24.3 Å². The Morgan fingerprint density at radius 2 is 1.06 bits per heavy atom. The molecule has 2 aliphatic rings. The topological polar surface area (TPSA) is 18.5 Å². The fourth-order valence-corrected chi connectivity index (χ4v) is 12.7. The van der Waals surface area contributed by atoms with Crippen molar-refractivity contribution in [2.75, 3.05) is 0 Å². The first-order chi connectivity index (χ1) is 16.4. The van der Waals surface area contributed by atoms with Crippen molar-refractivity contribution in [2.45, 2.75) is 25.2 Å². The Balaban J connectivity index is 1.81. The molecule has 0 fully saturated rings. The average molecular weight is 613 g/mol. The van der Waals surface area contributed by atoms with Crippen molar-refractivity contribution < 1.29 is 53.1 Å². The van der Waals surface area contributed by atoms with E-state index in [9.17, 15) is 26.3 Å². The molecule has 35 heavy (non-hydrogen) atoms. The predicted octanol–water partition coefficient (Wildman–Crippen LogP) is 9.16. The average Bonchev–Trinajstić information content (AvgIpc) is 3.49. The first-order valence-electron chi connectivity index (χ1n) is 10.2. The van der Waals surface area contributed by atoms with E-state index in [-0.39, 0.29) is 21.5 Å². The molecule has 0 N–H and O–H groups in total. The van der Waals surface area contributed by atoms with Gasteiger partial charge in [-0.2, -0.15) is 0 Å². The van der Waals surface area contributed by atoms with Crippen molar-refractivity contribution in [1.82, 2.24) is 0 Å². The van der Waals surface area contributed by atoms with Crippen LogP contribution in [0.2, 0.25) is 10.0 Å². The van der Waals surface area contributed by atoms with Crippen LogP contribution in [0.5, 0.6) is 11.5 Å². The molecule has 184 valence electrons. The Kier molecular flexibility index (Phi) is 7.34. The van der Waals surface area contributed by atoms with Gasteiger partial charge in [0.15, 0.2) is 0 Å². The molecule has 2 nitrogen and oxygen atoms in total. The summed E-state index contributed by atoms with van der Waals surface area (Å²) in [6.07, 6.45) is 2.60. The van der Waals surface area contributed by atoms with Crippen molar-refractivity contribution >= 4 is 23.2 Å². The second-order valence-electron chi connectivity index (χ2n) is 7.75. The number of halogens is 8. The van der Waals surface area contributed by atoms with E-state index < -0.39 is 44.6 Å². The second-order valence-corrected chi connectivity index (χ2v) is 15.8. The number of hydrogen-bond acceptors (Lipinski definition) is 2. The van der Waals surface area contributed by atoms with Gasteiger partial charge >= 0.3 is 214 Å². The van der Waals surface area contributed by atoms with Gasteiger partial charge in [0.2, 0.25) is 0 Å². The van der Waals surface area contributed by atoms with Gasteiger partial charge in [0.1, 0.15) is 0 Å². The van der Waals surface area contributed by atoms with Crippen LogP contribution < -0.4 is 5.63 Å². The summed E-state index contributed by atoms with van der Waals surface area (Å²) in [7, 11) is 0. The predicted molar refractivity (Wildman–Crippen MR) is 118 cm³/mol. The normalized spacial score (nSPS) is 15.9. The fraction of sp³-hybridized carbons (Fsp3) is 0.167. The van der Waals surface area contributed by atoms with E-state index in [4.69, 9.17) is 28.8 Å². The van der Waals surface area contributed by atoms with Gasteiger partial charge in [-0.05, 0) is 0 Å². The molecule has 0 saturated carbocycles. The van der Waals surface area contributed by atoms with Crippen LogP contribution in [0.4, 0.5) is 26.3 Å². The zero-order valence-corrected chi connectivity index (χ0v) is 21.7. The molecule has 4 rings (SSSR count). The third-order valence-electron chi connectivity index (χ3n) is 5.41. The zero-order valence-electron chi connectivity index (χ0n) is 17.7. The Morgan fingerprint density at radius 3 is 1.34 bits per heavy atom. The summed E-state index contributed by atoms with van der Waals surface area (Å²) in [6, 6.07) is 5.49. The first kappa shape index (κ1) is 26.1. The van der Waals surface area contributed by atoms with Crippen molar-refractivity contribution in [3.63, 3.8) is 0 Å². The molecule has 0 bridgehead atoms. The number of hydrogen-bond donors (Lipinski definition) is 0. The SMILES string of the molecule is FC(F)(F)c1ccc([O][Zr]([O]c2ccc(C(F)(F)F)cc2Cl)([C]2=CC=CC2)[C]2=CC=CC2)c(Cl)c1. The molecular weight excluding hydrogens is 596 g/mol. The van der Waals surface area contributed by atoms with Gasteiger partial charge in [-0.15, -0.1) is 0 Å². The molecule has 0 atom stereocenters. The van der Waals surface area contributed by atoms with Crippen molar-refractivity contribution in [3.05, 3.63) is 101 Å². The van der Waals surface area contributed by atoms with Crippen molar-refractivity contribution in [3.8, 4) is 11.5 Å². The van der Waals surface area contributed by atoms with Crippen LogP contribution in [-0.2, 0) is 33.5 Å². The molecule has 0 heterocycles. The summed E-state index contributed by atoms with van der Waals surface area (Å²) >= 11 is 7.63. The van der Waals surface area contributed by atoms with E-state index in [1.165, 1.54) is 0 Å². The van der Waals surface area contributed by atoms with Gasteiger partial charge in [-0.25, -0.2) is 0 Å². The third kappa shape index (κ3) is 5.57. The molecule has 0 saturated heterocycles. The molecule has 0 unspecified atom stereocenters. The van der Waals surface area contributed by atoms with Crippen LogP contribution in [0.3, 0.4) is 0 Å². The number of alkyl halides is 6. The van der Waals surface area contributed by atoms with Gasteiger partial charge in [-0.3, -0.25) is 0 Å². The van der Waals surface area contributed by atoms with Crippen LogP contribution in [0.1, 0.15) is 24.0 Å². The maximum atomic E-state index is 13.1. The zero-order chi connectivity index (χ0) is 25.4. The monoisotopic (exact) mass is 610 g/mol. The van der Waals surface area contributed by atoms with Crippen LogP contribution in [0, 0.1) is 0 Å². The van der Waals surface area contributed by atoms with Crippen molar-refractivity contribution in [1.29, 1.82) is 0 Å². The van der Waals surface area contributed by atoms with Gasteiger partial charge in [0, 0.05) is 0 Å². The van der Waals surface area contributed by atoms with E-state index in [0.29, 0.717) is 12.8 Å². The minimum atomic E-state index is -4.76.